The van der Waals surface area contributed by atoms with Crippen LogP contribution >= 0.6 is 23.1 Å². The molecule has 2 aliphatic rings. The Labute approximate surface area is 178 Å². The monoisotopic (exact) mass is 438 g/mol. The highest BCUT2D eigenvalue weighted by atomic mass is 32.2. The lowest BCUT2D eigenvalue weighted by Crippen LogP contribution is -2.52. The standard InChI is InChI=1S/C20H26N2O5S2/c1-4-27-20(26)16-13-8-6-5-7-9-14(13)29-17(16)21-15(23)10-22-18(24)11(2)28-12(3)19(22)25/h11-12H,4-10H2,1-3H3,(H,21,23)/t11-,12+. The van der Waals surface area contributed by atoms with Crippen LogP contribution in [0.25, 0.3) is 0 Å². The number of thiophene rings is 1. The van der Waals surface area contributed by atoms with Gasteiger partial charge in [-0.1, -0.05) is 6.42 Å². The third kappa shape index (κ3) is 4.66. The fourth-order valence-electron chi connectivity index (χ4n) is 3.69. The van der Waals surface area contributed by atoms with Crippen LogP contribution in [0.1, 0.15) is 60.8 Å². The molecule has 29 heavy (non-hydrogen) atoms. The lowest BCUT2D eigenvalue weighted by atomic mass is 10.1. The maximum absolute atomic E-state index is 12.7. The normalized spacial score (nSPS) is 22.1. The molecule has 1 aromatic heterocycles. The predicted molar refractivity (Wildman–Crippen MR) is 113 cm³/mol. The number of ether oxygens (including phenoxy) is 1. The molecule has 0 unspecified atom stereocenters. The zero-order valence-corrected chi connectivity index (χ0v) is 18.5. The van der Waals surface area contributed by atoms with Gasteiger partial charge in [-0.25, -0.2) is 4.79 Å². The number of rotatable bonds is 5. The molecule has 2 atom stereocenters. The van der Waals surface area contributed by atoms with Crippen molar-refractivity contribution in [3.8, 4) is 0 Å². The number of nitrogens with zero attached hydrogens (tertiary/aromatic N) is 1. The van der Waals surface area contributed by atoms with Gasteiger partial charge in [0.15, 0.2) is 0 Å². The molecule has 2 heterocycles. The Balaban J connectivity index is 1.82. The molecule has 0 bridgehead atoms. The lowest BCUT2D eigenvalue weighted by molar-refractivity contribution is -0.147. The second kappa shape index (κ2) is 9.30. The number of amides is 3. The topological polar surface area (TPSA) is 92.8 Å². The highest BCUT2D eigenvalue weighted by molar-refractivity contribution is 8.02. The van der Waals surface area contributed by atoms with Gasteiger partial charge in [-0.3, -0.25) is 19.3 Å². The van der Waals surface area contributed by atoms with Gasteiger partial charge in [-0.15, -0.1) is 23.1 Å². The first kappa shape index (κ1) is 21.8. The number of hydrogen-bond donors (Lipinski definition) is 1. The van der Waals surface area contributed by atoms with Crippen molar-refractivity contribution in [1.82, 2.24) is 4.90 Å². The van der Waals surface area contributed by atoms with Crippen LogP contribution in [0.3, 0.4) is 0 Å². The zero-order valence-electron chi connectivity index (χ0n) is 16.9. The molecule has 1 saturated heterocycles. The minimum absolute atomic E-state index is 0.251. The van der Waals surface area contributed by atoms with Gasteiger partial charge < -0.3 is 10.1 Å². The number of anilines is 1. The van der Waals surface area contributed by atoms with Gasteiger partial charge in [0.25, 0.3) is 0 Å². The molecule has 0 radical (unpaired) electrons. The van der Waals surface area contributed by atoms with Crippen LogP contribution in [0.2, 0.25) is 0 Å². The van der Waals surface area contributed by atoms with Gasteiger partial charge in [0.1, 0.15) is 11.5 Å². The minimum Gasteiger partial charge on any atom is -0.462 e. The Hall–Kier alpha value is -1.87. The number of hydrogen-bond acceptors (Lipinski definition) is 7. The highest BCUT2D eigenvalue weighted by Gasteiger charge is 2.38. The second-order valence-electron chi connectivity index (χ2n) is 7.22. The van der Waals surface area contributed by atoms with Crippen molar-refractivity contribution in [3.05, 3.63) is 16.0 Å². The highest BCUT2D eigenvalue weighted by Crippen LogP contribution is 2.38. The van der Waals surface area contributed by atoms with Crippen molar-refractivity contribution in [3.63, 3.8) is 0 Å². The Morgan fingerprint density at radius 3 is 2.41 bits per heavy atom. The summed E-state index contributed by atoms with van der Waals surface area (Å²) in [4.78, 5) is 52.1. The molecule has 3 rings (SSSR count). The smallest absolute Gasteiger partial charge is 0.341 e. The van der Waals surface area contributed by atoms with Crippen molar-refractivity contribution >= 4 is 51.8 Å². The summed E-state index contributed by atoms with van der Waals surface area (Å²) in [5, 5.41) is 2.48. The van der Waals surface area contributed by atoms with Gasteiger partial charge in [-0.05, 0) is 52.0 Å². The van der Waals surface area contributed by atoms with E-state index in [0.717, 1.165) is 47.4 Å². The van der Waals surface area contributed by atoms with E-state index in [9.17, 15) is 19.2 Å². The summed E-state index contributed by atoms with van der Waals surface area (Å²) in [5.41, 5.74) is 1.39. The molecule has 0 spiro atoms. The summed E-state index contributed by atoms with van der Waals surface area (Å²) < 4.78 is 5.22. The van der Waals surface area contributed by atoms with Crippen molar-refractivity contribution in [2.24, 2.45) is 0 Å². The van der Waals surface area contributed by atoms with Gasteiger partial charge in [0.05, 0.1) is 22.7 Å². The van der Waals surface area contributed by atoms with E-state index in [1.165, 1.54) is 23.1 Å². The average Bonchev–Trinajstić information content (AvgIpc) is 2.84. The summed E-state index contributed by atoms with van der Waals surface area (Å²) in [5.74, 6) is -1.65. The number of nitrogens with one attached hydrogen (secondary N) is 1. The molecule has 1 N–H and O–H groups in total. The van der Waals surface area contributed by atoms with E-state index in [2.05, 4.69) is 5.32 Å². The van der Waals surface area contributed by atoms with Crippen LogP contribution in [0.15, 0.2) is 0 Å². The van der Waals surface area contributed by atoms with Gasteiger partial charge in [0.2, 0.25) is 17.7 Å². The molecular weight excluding hydrogens is 412 g/mol. The second-order valence-corrected chi connectivity index (χ2v) is 10.0. The van der Waals surface area contributed by atoms with Crippen LogP contribution in [-0.4, -0.2) is 52.2 Å². The zero-order chi connectivity index (χ0) is 21.1. The fraction of sp³-hybridized carbons (Fsp3) is 0.600. The molecular formula is C20H26N2O5S2. The van der Waals surface area contributed by atoms with E-state index in [4.69, 9.17) is 4.74 Å². The minimum atomic E-state index is -0.486. The van der Waals surface area contributed by atoms with E-state index in [1.807, 2.05) is 0 Å². The number of imide groups is 1. The maximum Gasteiger partial charge on any atom is 0.341 e. The van der Waals surface area contributed by atoms with Crippen LogP contribution in [0.4, 0.5) is 5.00 Å². The van der Waals surface area contributed by atoms with Gasteiger partial charge >= 0.3 is 5.97 Å². The summed E-state index contributed by atoms with van der Waals surface area (Å²) in [6.07, 6.45) is 4.81. The summed E-state index contributed by atoms with van der Waals surface area (Å²) in [6, 6.07) is 0. The van der Waals surface area contributed by atoms with Gasteiger partial charge in [-0.2, -0.15) is 0 Å². The van der Waals surface area contributed by atoms with E-state index in [-0.39, 0.29) is 35.5 Å². The van der Waals surface area contributed by atoms with E-state index in [0.29, 0.717) is 10.6 Å². The molecule has 1 fully saturated rings. The third-order valence-electron chi connectivity index (χ3n) is 5.09. The average molecular weight is 439 g/mol. The van der Waals surface area contributed by atoms with E-state index in [1.54, 1.807) is 20.8 Å². The SMILES string of the molecule is CCOC(=O)c1c(NC(=O)CN2C(=O)[C@H](C)S[C@H](C)C2=O)sc2c1CCCCC2. The van der Waals surface area contributed by atoms with Crippen molar-refractivity contribution < 1.29 is 23.9 Å². The molecule has 3 amide bonds. The number of aryl methyl sites for hydroxylation is 1. The quantitative estimate of drug-likeness (QED) is 0.432. The first-order valence-corrected chi connectivity index (χ1v) is 11.7. The number of thioether (sulfide) groups is 1. The molecule has 1 aliphatic heterocycles. The van der Waals surface area contributed by atoms with Crippen molar-refractivity contribution in [2.75, 3.05) is 18.5 Å². The summed E-state index contributed by atoms with van der Waals surface area (Å²) >= 11 is 2.69. The third-order valence-corrected chi connectivity index (χ3v) is 7.52. The molecule has 7 nitrogen and oxygen atoms in total. The van der Waals surface area contributed by atoms with Gasteiger partial charge in [0, 0.05) is 4.88 Å². The Morgan fingerprint density at radius 1 is 1.10 bits per heavy atom. The Morgan fingerprint density at radius 2 is 1.76 bits per heavy atom. The molecule has 158 valence electrons. The van der Waals surface area contributed by atoms with Crippen molar-refractivity contribution in [1.29, 1.82) is 0 Å². The van der Waals surface area contributed by atoms with Crippen LogP contribution < -0.4 is 5.32 Å². The summed E-state index contributed by atoms with van der Waals surface area (Å²) in [7, 11) is 0. The predicted octanol–water partition coefficient (Wildman–Crippen LogP) is 3.01. The molecule has 0 saturated carbocycles. The maximum atomic E-state index is 12.7. The largest absolute Gasteiger partial charge is 0.462 e. The molecule has 9 heteroatoms. The lowest BCUT2D eigenvalue weighted by Gasteiger charge is -2.31. The van der Waals surface area contributed by atoms with Crippen LogP contribution in [0, 0.1) is 0 Å². The van der Waals surface area contributed by atoms with E-state index < -0.39 is 11.9 Å². The summed E-state index contributed by atoms with van der Waals surface area (Å²) in [6.45, 7) is 5.11. The molecule has 1 aliphatic carbocycles. The van der Waals surface area contributed by atoms with Crippen molar-refractivity contribution in [2.45, 2.75) is 63.4 Å². The molecule has 0 aromatic carbocycles. The number of fused-ring (bicyclic) bond motifs is 1. The number of esters is 1. The fourth-order valence-corrected chi connectivity index (χ4v) is 6.08. The number of carbonyl (C=O) groups excluding carboxylic acids is 4. The Bertz CT molecular complexity index is 815. The molecule has 1 aromatic rings. The first-order valence-electron chi connectivity index (χ1n) is 9.95. The first-order chi connectivity index (χ1) is 13.8. The van der Waals surface area contributed by atoms with Crippen LogP contribution in [0.5, 0.6) is 0 Å². The number of carbonyl (C=O) groups is 4. The van der Waals surface area contributed by atoms with Crippen LogP contribution in [-0.2, 0) is 32.0 Å². The Kier molecular flexibility index (Phi) is 7.00. The van der Waals surface area contributed by atoms with E-state index >= 15 is 0 Å².